The molecular formula is C16H25NO. The van der Waals surface area contributed by atoms with Crippen molar-refractivity contribution in [2.75, 3.05) is 18.5 Å². The van der Waals surface area contributed by atoms with Gasteiger partial charge in [0.05, 0.1) is 6.10 Å². The van der Waals surface area contributed by atoms with Gasteiger partial charge in [-0.2, -0.15) is 0 Å². The molecule has 0 saturated heterocycles. The first-order valence-corrected chi connectivity index (χ1v) is 7.04. The summed E-state index contributed by atoms with van der Waals surface area (Å²) < 4.78 is 0. The molecule has 1 aliphatic carbocycles. The fraction of sp³-hybridized carbons (Fsp3) is 0.625. The molecular weight excluding hydrogens is 222 g/mol. The van der Waals surface area contributed by atoms with Gasteiger partial charge < -0.3 is 10.0 Å². The lowest BCUT2D eigenvalue weighted by Crippen LogP contribution is -2.24. The number of nitrogens with zero attached hydrogens (tertiary/aromatic N) is 1. The summed E-state index contributed by atoms with van der Waals surface area (Å²) in [6.45, 7) is 5.32. The molecule has 0 heterocycles. The van der Waals surface area contributed by atoms with Crippen molar-refractivity contribution in [3.05, 3.63) is 29.3 Å². The first-order valence-electron chi connectivity index (χ1n) is 7.04. The number of rotatable bonds is 4. The third kappa shape index (κ3) is 3.26. The number of aryl methyl sites for hydroxylation is 2. The normalized spacial score (nSPS) is 23.3. The number of benzene rings is 1. The molecule has 1 N–H and O–H groups in total. The number of hydrogen-bond donors (Lipinski definition) is 1. The molecule has 1 saturated carbocycles. The van der Waals surface area contributed by atoms with Crippen LogP contribution in [0.2, 0.25) is 0 Å². The summed E-state index contributed by atoms with van der Waals surface area (Å²) >= 11 is 0. The molecule has 2 atom stereocenters. The van der Waals surface area contributed by atoms with E-state index in [1.54, 1.807) is 0 Å². The second kappa shape index (κ2) is 5.75. The van der Waals surface area contributed by atoms with Crippen molar-refractivity contribution in [1.29, 1.82) is 0 Å². The Labute approximate surface area is 111 Å². The van der Waals surface area contributed by atoms with Gasteiger partial charge in [0.2, 0.25) is 0 Å². The van der Waals surface area contributed by atoms with E-state index in [0.717, 1.165) is 19.4 Å². The minimum atomic E-state index is -0.0577. The standard InChI is InChI=1S/C16H25NO/c1-12-9-13(2)11-15(10-12)17(3)8-7-14-5-4-6-16(14)18/h9-11,14,16,18H,4-8H2,1-3H3. The lowest BCUT2D eigenvalue weighted by Gasteiger charge is -2.23. The third-order valence-corrected chi connectivity index (χ3v) is 4.10. The van der Waals surface area contributed by atoms with Gasteiger partial charge >= 0.3 is 0 Å². The topological polar surface area (TPSA) is 23.5 Å². The lowest BCUT2D eigenvalue weighted by atomic mass is 10.0. The first-order chi connectivity index (χ1) is 8.56. The molecule has 0 spiro atoms. The fourth-order valence-corrected chi connectivity index (χ4v) is 3.01. The van der Waals surface area contributed by atoms with E-state index < -0.39 is 0 Å². The molecule has 1 aromatic carbocycles. The zero-order valence-corrected chi connectivity index (χ0v) is 11.8. The molecule has 1 fully saturated rings. The third-order valence-electron chi connectivity index (χ3n) is 4.10. The number of aliphatic hydroxyl groups excluding tert-OH is 1. The van der Waals surface area contributed by atoms with Crippen molar-refractivity contribution in [3.63, 3.8) is 0 Å². The predicted octanol–water partition coefficient (Wildman–Crippen LogP) is 3.29. The minimum Gasteiger partial charge on any atom is -0.393 e. The van der Waals surface area contributed by atoms with Gasteiger partial charge in [0.1, 0.15) is 0 Å². The highest BCUT2D eigenvalue weighted by Crippen LogP contribution is 2.29. The zero-order valence-electron chi connectivity index (χ0n) is 11.8. The van der Waals surface area contributed by atoms with E-state index in [-0.39, 0.29) is 6.10 Å². The van der Waals surface area contributed by atoms with Crippen molar-refractivity contribution >= 4 is 5.69 Å². The van der Waals surface area contributed by atoms with E-state index in [4.69, 9.17) is 0 Å². The van der Waals surface area contributed by atoms with E-state index in [2.05, 4.69) is 44.0 Å². The number of anilines is 1. The van der Waals surface area contributed by atoms with Crippen LogP contribution in [0.1, 0.15) is 36.8 Å². The van der Waals surface area contributed by atoms with E-state index in [1.807, 2.05) is 0 Å². The molecule has 0 bridgehead atoms. The van der Waals surface area contributed by atoms with Crippen LogP contribution in [0, 0.1) is 19.8 Å². The van der Waals surface area contributed by atoms with Crippen LogP contribution in [0.3, 0.4) is 0 Å². The van der Waals surface area contributed by atoms with Gasteiger partial charge in [0.25, 0.3) is 0 Å². The summed E-state index contributed by atoms with van der Waals surface area (Å²) in [5, 5.41) is 9.84. The van der Waals surface area contributed by atoms with Gasteiger partial charge in [-0.25, -0.2) is 0 Å². The Balaban J connectivity index is 1.92. The molecule has 0 aliphatic heterocycles. The molecule has 2 nitrogen and oxygen atoms in total. The van der Waals surface area contributed by atoms with Gasteiger partial charge in [0.15, 0.2) is 0 Å². The van der Waals surface area contributed by atoms with E-state index in [0.29, 0.717) is 5.92 Å². The molecule has 2 rings (SSSR count). The van der Waals surface area contributed by atoms with Crippen LogP contribution in [-0.2, 0) is 0 Å². The molecule has 1 aliphatic rings. The summed E-state index contributed by atoms with van der Waals surface area (Å²) in [6, 6.07) is 6.67. The molecule has 0 radical (unpaired) electrons. The van der Waals surface area contributed by atoms with Crippen molar-refractivity contribution in [2.24, 2.45) is 5.92 Å². The second-order valence-electron chi connectivity index (χ2n) is 5.81. The highest BCUT2D eigenvalue weighted by Gasteiger charge is 2.24. The van der Waals surface area contributed by atoms with Crippen LogP contribution in [0.25, 0.3) is 0 Å². The maximum absolute atomic E-state index is 9.84. The Kier molecular flexibility index (Phi) is 4.28. The average molecular weight is 247 g/mol. The highest BCUT2D eigenvalue weighted by atomic mass is 16.3. The van der Waals surface area contributed by atoms with Gasteiger partial charge in [-0.3, -0.25) is 0 Å². The molecule has 2 unspecified atom stereocenters. The summed E-state index contributed by atoms with van der Waals surface area (Å²) in [4.78, 5) is 2.31. The smallest absolute Gasteiger partial charge is 0.0569 e. The van der Waals surface area contributed by atoms with Crippen LogP contribution in [-0.4, -0.2) is 24.8 Å². The van der Waals surface area contributed by atoms with Gasteiger partial charge in [-0.15, -0.1) is 0 Å². The van der Waals surface area contributed by atoms with Gasteiger partial charge in [-0.05, 0) is 62.3 Å². The number of hydrogen-bond acceptors (Lipinski definition) is 2. The maximum atomic E-state index is 9.84. The Hall–Kier alpha value is -1.02. The SMILES string of the molecule is Cc1cc(C)cc(N(C)CCC2CCCC2O)c1. The Bertz CT molecular complexity index is 382. The van der Waals surface area contributed by atoms with Crippen LogP contribution < -0.4 is 4.90 Å². The minimum absolute atomic E-state index is 0.0577. The van der Waals surface area contributed by atoms with Crippen molar-refractivity contribution < 1.29 is 5.11 Å². The second-order valence-corrected chi connectivity index (χ2v) is 5.81. The van der Waals surface area contributed by atoms with Crippen LogP contribution in [0.4, 0.5) is 5.69 Å². The highest BCUT2D eigenvalue weighted by molar-refractivity contribution is 5.50. The maximum Gasteiger partial charge on any atom is 0.0569 e. The van der Waals surface area contributed by atoms with Crippen LogP contribution in [0.5, 0.6) is 0 Å². The van der Waals surface area contributed by atoms with E-state index in [1.165, 1.54) is 29.7 Å². The summed E-state index contributed by atoms with van der Waals surface area (Å²) in [7, 11) is 2.15. The fourth-order valence-electron chi connectivity index (χ4n) is 3.01. The molecule has 2 heteroatoms. The van der Waals surface area contributed by atoms with Crippen LogP contribution >= 0.6 is 0 Å². The van der Waals surface area contributed by atoms with Gasteiger partial charge in [0, 0.05) is 19.3 Å². The summed E-state index contributed by atoms with van der Waals surface area (Å²) in [5.41, 5.74) is 3.93. The summed E-state index contributed by atoms with van der Waals surface area (Å²) in [6.07, 6.45) is 4.43. The molecule has 0 amide bonds. The molecule has 1 aromatic rings. The Morgan fingerprint density at radius 2 is 1.83 bits per heavy atom. The van der Waals surface area contributed by atoms with E-state index >= 15 is 0 Å². The van der Waals surface area contributed by atoms with Crippen LogP contribution in [0.15, 0.2) is 18.2 Å². The number of aliphatic hydroxyl groups is 1. The van der Waals surface area contributed by atoms with Crippen molar-refractivity contribution in [1.82, 2.24) is 0 Å². The van der Waals surface area contributed by atoms with Gasteiger partial charge in [-0.1, -0.05) is 12.5 Å². The molecule has 0 aromatic heterocycles. The largest absolute Gasteiger partial charge is 0.393 e. The van der Waals surface area contributed by atoms with Crippen molar-refractivity contribution in [2.45, 2.75) is 45.6 Å². The Morgan fingerprint density at radius 3 is 2.39 bits per heavy atom. The van der Waals surface area contributed by atoms with Crippen molar-refractivity contribution in [3.8, 4) is 0 Å². The predicted molar refractivity (Wildman–Crippen MR) is 77.2 cm³/mol. The first kappa shape index (κ1) is 13.4. The Morgan fingerprint density at radius 1 is 1.17 bits per heavy atom. The lowest BCUT2D eigenvalue weighted by molar-refractivity contribution is 0.129. The van der Waals surface area contributed by atoms with E-state index in [9.17, 15) is 5.11 Å². The quantitative estimate of drug-likeness (QED) is 0.882. The monoisotopic (exact) mass is 247 g/mol. The summed E-state index contributed by atoms with van der Waals surface area (Å²) in [5.74, 6) is 0.512. The average Bonchev–Trinajstić information content (AvgIpc) is 2.70. The molecule has 18 heavy (non-hydrogen) atoms. The zero-order chi connectivity index (χ0) is 13.1. The molecule has 100 valence electrons.